The van der Waals surface area contributed by atoms with Crippen LogP contribution in [-0.2, 0) is 4.79 Å². The van der Waals surface area contributed by atoms with Crippen LogP contribution in [0, 0.1) is 0 Å². The summed E-state index contributed by atoms with van der Waals surface area (Å²) >= 11 is 0. The maximum absolute atomic E-state index is 12.1. The molecule has 1 amide bonds. The van der Waals surface area contributed by atoms with Crippen LogP contribution in [0.1, 0.15) is 45.4 Å². The third-order valence-corrected chi connectivity index (χ3v) is 4.98. The zero-order chi connectivity index (χ0) is 19.6. The molecule has 3 rings (SSSR count). The predicted molar refractivity (Wildman–Crippen MR) is 125 cm³/mol. The average Bonchev–Trinajstić information content (AvgIpc) is 2.72. The summed E-state index contributed by atoms with van der Waals surface area (Å²) in [4.78, 5) is 16.7. The lowest BCUT2D eigenvalue weighted by molar-refractivity contribution is -0.121. The second-order valence-corrected chi connectivity index (χ2v) is 7.30. The zero-order valence-electron chi connectivity index (χ0n) is 17.1. The van der Waals surface area contributed by atoms with Crippen molar-refractivity contribution >= 4 is 35.8 Å². The summed E-state index contributed by atoms with van der Waals surface area (Å²) in [7, 11) is 0. The highest BCUT2D eigenvalue weighted by atomic mass is 127. The quantitative estimate of drug-likeness (QED) is 0.295. The summed E-state index contributed by atoms with van der Waals surface area (Å²) in [5.74, 6) is 2.33. The number of nitrogens with one attached hydrogen (secondary N) is 3. The Morgan fingerprint density at radius 3 is 2.66 bits per heavy atom. The van der Waals surface area contributed by atoms with Gasteiger partial charge < -0.3 is 25.4 Å². The number of para-hydroxylation sites is 2. The van der Waals surface area contributed by atoms with Crippen LogP contribution in [0.25, 0.3) is 0 Å². The van der Waals surface area contributed by atoms with Crippen molar-refractivity contribution in [2.24, 2.45) is 4.99 Å². The molecule has 162 valence electrons. The zero-order valence-corrected chi connectivity index (χ0v) is 19.4. The fourth-order valence-corrected chi connectivity index (χ4v) is 3.53. The Bertz CT molecular complexity index is 665. The molecule has 1 heterocycles. The third kappa shape index (κ3) is 7.91. The minimum atomic E-state index is -0.125. The van der Waals surface area contributed by atoms with Crippen molar-refractivity contribution in [2.75, 3.05) is 26.2 Å². The maximum Gasteiger partial charge on any atom is 0.221 e. The number of halogens is 1. The molecule has 1 aliphatic heterocycles. The minimum absolute atomic E-state index is 0. The van der Waals surface area contributed by atoms with Gasteiger partial charge in [-0.3, -0.25) is 4.79 Å². The molecule has 0 radical (unpaired) electrons. The number of benzene rings is 1. The number of carbonyl (C=O) groups is 1. The van der Waals surface area contributed by atoms with E-state index in [1.54, 1.807) is 0 Å². The molecular formula is C21H33IN4O3. The van der Waals surface area contributed by atoms with Gasteiger partial charge in [-0.2, -0.15) is 0 Å². The van der Waals surface area contributed by atoms with Gasteiger partial charge in [0.2, 0.25) is 5.91 Å². The van der Waals surface area contributed by atoms with Crippen LogP contribution in [0.2, 0.25) is 0 Å². The Morgan fingerprint density at radius 2 is 1.90 bits per heavy atom. The van der Waals surface area contributed by atoms with E-state index in [0.29, 0.717) is 38.1 Å². The van der Waals surface area contributed by atoms with Gasteiger partial charge in [-0.05, 0) is 31.9 Å². The van der Waals surface area contributed by atoms with Crippen LogP contribution >= 0.6 is 24.0 Å². The van der Waals surface area contributed by atoms with E-state index >= 15 is 0 Å². The molecule has 1 aromatic rings. The normalized spacial score (nSPS) is 19.1. The monoisotopic (exact) mass is 516 g/mol. The Kier molecular flexibility index (Phi) is 10.4. The highest BCUT2D eigenvalue weighted by molar-refractivity contribution is 14.0. The van der Waals surface area contributed by atoms with Crippen LogP contribution in [0.4, 0.5) is 0 Å². The number of amides is 1. The summed E-state index contributed by atoms with van der Waals surface area (Å²) in [5, 5.41) is 9.58. The average molecular weight is 516 g/mol. The van der Waals surface area contributed by atoms with Crippen molar-refractivity contribution in [2.45, 2.75) is 57.6 Å². The highest BCUT2D eigenvalue weighted by Crippen LogP contribution is 2.30. The topological polar surface area (TPSA) is 84.0 Å². The van der Waals surface area contributed by atoms with Gasteiger partial charge in [0.1, 0.15) is 6.61 Å². The van der Waals surface area contributed by atoms with Crippen LogP contribution in [0.5, 0.6) is 11.5 Å². The van der Waals surface area contributed by atoms with Crippen molar-refractivity contribution < 1.29 is 14.3 Å². The molecule has 2 aliphatic rings. The van der Waals surface area contributed by atoms with Crippen molar-refractivity contribution in [3.63, 3.8) is 0 Å². The van der Waals surface area contributed by atoms with E-state index in [0.717, 1.165) is 30.9 Å². The van der Waals surface area contributed by atoms with E-state index in [4.69, 9.17) is 9.47 Å². The fourth-order valence-electron chi connectivity index (χ4n) is 3.53. The summed E-state index contributed by atoms with van der Waals surface area (Å²) in [5.41, 5.74) is 0. The van der Waals surface area contributed by atoms with Gasteiger partial charge in [-0.1, -0.05) is 31.4 Å². The summed E-state index contributed by atoms with van der Waals surface area (Å²) in [6.07, 6.45) is 6.26. The van der Waals surface area contributed by atoms with E-state index in [-0.39, 0.29) is 36.0 Å². The first-order chi connectivity index (χ1) is 13.7. The first-order valence-corrected chi connectivity index (χ1v) is 10.4. The molecule has 1 fully saturated rings. The first-order valence-electron chi connectivity index (χ1n) is 10.4. The number of nitrogens with zero attached hydrogens (tertiary/aromatic N) is 1. The van der Waals surface area contributed by atoms with Crippen LogP contribution in [0.15, 0.2) is 29.3 Å². The van der Waals surface area contributed by atoms with Crippen molar-refractivity contribution in [3.05, 3.63) is 24.3 Å². The number of hydrogen-bond donors (Lipinski definition) is 3. The number of ether oxygens (including phenoxy) is 2. The molecule has 1 saturated carbocycles. The van der Waals surface area contributed by atoms with Crippen LogP contribution in [-0.4, -0.2) is 50.3 Å². The van der Waals surface area contributed by atoms with E-state index in [2.05, 4.69) is 20.9 Å². The van der Waals surface area contributed by atoms with E-state index in [9.17, 15) is 4.79 Å². The van der Waals surface area contributed by atoms with Gasteiger partial charge in [0.25, 0.3) is 0 Å². The minimum Gasteiger partial charge on any atom is -0.486 e. The third-order valence-electron chi connectivity index (χ3n) is 4.98. The molecular weight excluding hydrogens is 483 g/mol. The van der Waals surface area contributed by atoms with Gasteiger partial charge in [0, 0.05) is 25.6 Å². The summed E-state index contributed by atoms with van der Waals surface area (Å²) < 4.78 is 11.7. The molecule has 1 atom stereocenters. The number of carbonyl (C=O) groups excluding carboxylic acids is 1. The Labute approximate surface area is 190 Å². The Morgan fingerprint density at radius 1 is 1.14 bits per heavy atom. The summed E-state index contributed by atoms with van der Waals surface area (Å²) in [6.45, 7) is 4.28. The molecule has 1 aromatic carbocycles. The Balaban J connectivity index is 0.00000300. The van der Waals surface area contributed by atoms with Crippen LogP contribution < -0.4 is 25.4 Å². The predicted octanol–water partition coefficient (Wildman–Crippen LogP) is 2.84. The van der Waals surface area contributed by atoms with Gasteiger partial charge >= 0.3 is 0 Å². The molecule has 1 aliphatic carbocycles. The molecule has 1 unspecified atom stereocenters. The second-order valence-electron chi connectivity index (χ2n) is 7.30. The number of fused-ring (bicyclic) bond motifs is 1. The highest BCUT2D eigenvalue weighted by Gasteiger charge is 2.20. The molecule has 8 heteroatoms. The smallest absolute Gasteiger partial charge is 0.221 e. The largest absolute Gasteiger partial charge is 0.486 e. The van der Waals surface area contributed by atoms with Crippen LogP contribution in [0.3, 0.4) is 0 Å². The van der Waals surface area contributed by atoms with Crippen molar-refractivity contribution in [3.8, 4) is 11.5 Å². The molecule has 0 spiro atoms. The number of rotatable bonds is 7. The molecule has 7 nitrogen and oxygen atoms in total. The lowest BCUT2D eigenvalue weighted by Gasteiger charge is -2.25. The number of guanidine groups is 1. The molecule has 3 N–H and O–H groups in total. The number of aliphatic imine (C=N–C) groups is 1. The van der Waals surface area contributed by atoms with Gasteiger partial charge in [-0.25, -0.2) is 4.99 Å². The van der Waals surface area contributed by atoms with E-state index < -0.39 is 0 Å². The lowest BCUT2D eigenvalue weighted by atomic mass is 9.95. The molecule has 0 bridgehead atoms. The molecule has 29 heavy (non-hydrogen) atoms. The van der Waals surface area contributed by atoms with E-state index in [1.165, 1.54) is 19.3 Å². The fraction of sp³-hybridized carbons (Fsp3) is 0.619. The van der Waals surface area contributed by atoms with E-state index in [1.807, 2.05) is 31.2 Å². The SMILES string of the molecule is CCNC(=NCC1COc2ccccc2O1)NCCC(=O)NC1CCCCC1.I. The van der Waals surface area contributed by atoms with Gasteiger partial charge in [0.15, 0.2) is 23.6 Å². The molecule has 0 saturated heterocycles. The molecule has 0 aromatic heterocycles. The van der Waals surface area contributed by atoms with Crippen molar-refractivity contribution in [1.82, 2.24) is 16.0 Å². The Hall–Kier alpha value is -1.71. The first kappa shape index (κ1) is 23.6. The van der Waals surface area contributed by atoms with Gasteiger partial charge in [0.05, 0.1) is 6.54 Å². The lowest BCUT2D eigenvalue weighted by Crippen LogP contribution is -2.42. The maximum atomic E-state index is 12.1. The second kappa shape index (κ2) is 12.8. The summed E-state index contributed by atoms with van der Waals surface area (Å²) in [6, 6.07) is 8.02. The van der Waals surface area contributed by atoms with Gasteiger partial charge in [-0.15, -0.1) is 24.0 Å². The van der Waals surface area contributed by atoms with Crippen molar-refractivity contribution in [1.29, 1.82) is 0 Å². The number of hydrogen-bond acceptors (Lipinski definition) is 4. The standard InChI is InChI=1S/C21H32N4O3.HI/c1-2-22-21(23-13-12-20(26)25-16-8-4-3-5-9-16)24-14-17-15-27-18-10-6-7-11-19(18)28-17;/h6-7,10-11,16-17H,2-5,8-9,12-15H2,1H3,(H,25,26)(H2,22,23,24);1H.